The zero-order chi connectivity index (χ0) is 11.5. The molecule has 1 aliphatic heterocycles. The van der Waals surface area contributed by atoms with Crippen LogP contribution in [0.2, 0.25) is 0 Å². The molecule has 2 nitrogen and oxygen atoms in total. The lowest BCUT2D eigenvalue weighted by Crippen LogP contribution is -2.34. The molecule has 0 unspecified atom stereocenters. The molecule has 0 aromatic heterocycles. The van der Waals surface area contributed by atoms with Gasteiger partial charge in [-0.3, -0.25) is 0 Å². The second-order valence-electron chi connectivity index (χ2n) is 3.76. The van der Waals surface area contributed by atoms with Gasteiger partial charge in [0.25, 0.3) is 0 Å². The zero-order valence-electron chi connectivity index (χ0n) is 8.60. The first kappa shape index (κ1) is 11.8. The van der Waals surface area contributed by atoms with E-state index in [0.717, 1.165) is 38.1 Å². The first-order valence-electron chi connectivity index (χ1n) is 5.19. The van der Waals surface area contributed by atoms with Gasteiger partial charge in [0.05, 0.1) is 4.47 Å². The highest BCUT2D eigenvalue weighted by atomic mass is 79.9. The van der Waals surface area contributed by atoms with Crippen LogP contribution in [0.5, 0.6) is 5.75 Å². The van der Waals surface area contributed by atoms with Crippen molar-refractivity contribution in [2.24, 2.45) is 0 Å². The molecule has 0 saturated carbocycles. The summed E-state index contributed by atoms with van der Waals surface area (Å²) in [5.74, 6) is -1.39. The molecular formula is C11H12BrF2NO. The first-order chi connectivity index (χ1) is 7.66. The van der Waals surface area contributed by atoms with E-state index >= 15 is 0 Å². The van der Waals surface area contributed by atoms with E-state index in [1.54, 1.807) is 0 Å². The Bertz CT molecular complexity index is 380. The summed E-state index contributed by atoms with van der Waals surface area (Å²) in [5.41, 5.74) is 0. The van der Waals surface area contributed by atoms with Gasteiger partial charge >= 0.3 is 0 Å². The summed E-state index contributed by atoms with van der Waals surface area (Å²) in [5, 5.41) is 3.21. The summed E-state index contributed by atoms with van der Waals surface area (Å²) in [6.45, 7) is 1.79. The largest absolute Gasteiger partial charge is 0.489 e. The van der Waals surface area contributed by atoms with Crippen LogP contribution in [0.15, 0.2) is 16.6 Å². The third kappa shape index (κ3) is 2.71. The van der Waals surface area contributed by atoms with Crippen LogP contribution >= 0.6 is 15.9 Å². The number of ether oxygens (including phenoxy) is 1. The fourth-order valence-corrected chi connectivity index (χ4v) is 2.10. The van der Waals surface area contributed by atoms with Crippen molar-refractivity contribution < 1.29 is 13.5 Å². The van der Waals surface area contributed by atoms with E-state index in [4.69, 9.17) is 4.74 Å². The van der Waals surface area contributed by atoms with Crippen molar-refractivity contribution in [3.63, 3.8) is 0 Å². The SMILES string of the molecule is Fc1cc(Br)c(OC2CCNCC2)cc1F. The molecule has 0 bridgehead atoms. The maximum atomic E-state index is 13.0. The number of hydrogen-bond donors (Lipinski definition) is 1. The minimum absolute atomic E-state index is 0.0717. The van der Waals surface area contributed by atoms with Crippen molar-refractivity contribution in [1.82, 2.24) is 5.32 Å². The molecule has 1 saturated heterocycles. The summed E-state index contributed by atoms with van der Waals surface area (Å²) in [4.78, 5) is 0. The summed E-state index contributed by atoms with van der Waals surface area (Å²) in [6, 6.07) is 2.17. The molecule has 0 spiro atoms. The number of nitrogens with one attached hydrogen (secondary N) is 1. The molecule has 0 radical (unpaired) electrons. The van der Waals surface area contributed by atoms with Gasteiger partial charge in [0.2, 0.25) is 0 Å². The Morgan fingerprint density at radius 2 is 1.81 bits per heavy atom. The van der Waals surface area contributed by atoms with Crippen LogP contribution in [0.25, 0.3) is 0 Å². The first-order valence-corrected chi connectivity index (χ1v) is 5.98. The van der Waals surface area contributed by atoms with E-state index in [0.29, 0.717) is 10.2 Å². The van der Waals surface area contributed by atoms with E-state index in [-0.39, 0.29) is 6.10 Å². The Morgan fingerprint density at radius 1 is 1.19 bits per heavy atom. The summed E-state index contributed by atoms with van der Waals surface area (Å²) in [7, 11) is 0. The van der Waals surface area contributed by atoms with Crippen molar-refractivity contribution in [3.05, 3.63) is 28.2 Å². The van der Waals surface area contributed by atoms with Crippen molar-refractivity contribution in [3.8, 4) is 5.75 Å². The van der Waals surface area contributed by atoms with Gasteiger partial charge in [-0.05, 0) is 47.9 Å². The molecule has 1 heterocycles. The molecule has 1 aromatic rings. The standard InChI is InChI=1S/C11H12BrF2NO/c12-8-5-9(13)10(14)6-11(8)16-7-1-3-15-4-2-7/h5-7,15H,1-4H2. The smallest absolute Gasteiger partial charge is 0.162 e. The summed E-state index contributed by atoms with van der Waals surface area (Å²) >= 11 is 3.16. The Labute approximate surface area is 101 Å². The van der Waals surface area contributed by atoms with Crippen molar-refractivity contribution in [1.29, 1.82) is 0 Å². The normalized spacial score (nSPS) is 17.4. The predicted octanol–water partition coefficient (Wildman–Crippen LogP) is 2.86. The second-order valence-corrected chi connectivity index (χ2v) is 4.62. The highest BCUT2D eigenvalue weighted by molar-refractivity contribution is 9.10. The van der Waals surface area contributed by atoms with Crippen LogP contribution in [-0.4, -0.2) is 19.2 Å². The van der Waals surface area contributed by atoms with Crippen LogP contribution in [0.3, 0.4) is 0 Å². The number of piperidine rings is 1. The molecule has 1 aromatic carbocycles. The minimum Gasteiger partial charge on any atom is -0.489 e. The molecule has 0 aliphatic carbocycles. The monoisotopic (exact) mass is 291 g/mol. The van der Waals surface area contributed by atoms with Crippen molar-refractivity contribution in [2.75, 3.05) is 13.1 Å². The van der Waals surface area contributed by atoms with Crippen LogP contribution in [0, 0.1) is 11.6 Å². The Hall–Kier alpha value is -0.680. The topological polar surface area (TPSA) is 21.3 Å². The van der Waals surface area contributed by atoms with Crippen LogP contribution < -0.4 is 10.1 Å². The lowest BCUT2D eigenvalue weighted by molar-refractivity contribution is 0.160. The average molecular weight is 292 g/mol. The lowest BCUT2D eigenvalue weighted by Gasteiger charge is -2.24. The van der Waals surface area contributed by atoms with E-state index in [1.165, 1.54) is 0 Å². The zero-order valence-corrected chi connectivity index (χ0v) is 10.2. The highest BCUT2D eigenvalue weighted by Crippen LogP contribution is 2.29. The fraction of sp³-hybridized carbons (Fsp3) is 0.455. The molecular weight excluding hydrogens is 280 g/mol. The van der Waals surface area contributed by atoms with E-state index in [2.05, 4.69) is 21.2 Å². The fourth-order valence-electron chi connectivity index (χ4n) is 1.69. The molecule has 1 aliphatic rings. The van der Waals surface area contributed by atoms with Gasteiger partial charge in [-0.25, -0.2) is 8.78 Å². The van der Waals surface area contributed by atoms with Gasteiger partial charge in [0.15, 0.2) is 11.6 Å². The Balaban J connectivity index is 2.11. The summed E-state index contributed by atoms with van der Waals surface area (Å²) in [6.07, 6.45) is 1.83. The molecule has 5 heteroatoms. The minimum atomic E-state index is -0.882. The van der Waals surface area contributed by atoms with Crippen LogP contribution in [-0.2, 0) is 0 Å². The molecule has 16 heavy (non-hydrogen) atoms. The Morgan fingerprint density at radius 3 is 2.50 bits per heavy atom. The van der Waals surface area contributed by atoms with Gasteiger partial charge in [-0.2, -0.15) is 0 Å². The third-order valence-corrected chi connectivity index (χ3v) is 3.17. The average Bonchev–Trinajstić information content (AvgIpc) is 2.27. The number of rotatable bonds is 2. The lowest BCUT2D eigenvalue weighted by atomic mass is 10.1. The van der Waals surface area contributed by atoms with E-state index in [9.17, 15) is 8.78 Å². The second kappa shape index (κ2) is 5.10. The quantitative estimate of drug-likeness (QED) is 0.846. The van der Waals surface area contributed by atoms with Gasteiger partial charge < -0.3 is 10.1 Å². The molecule has 1 N–H and O–H groups in total. The van der Waals surface area contributed by atoms with Gasteiger partial charge in [-0.15, -0.1) is 0 Å². The third-order valence-electron chi connectivity index (χ3n) is 2.55. The molecule has 88 valence electrons. The Kier molecular flexibility index (Phi) is 3.76. The molecule has 1 fully saturated rings. The predicted molar refractivity (Wildman–Crippen MR) is 60.6 cm³/mol. The van der Waals surface area contributed by atoms with Crippen molar-refractivity contribution >= 4 is 15.9 Å². The number of halogens is 3. The van der Waals surface area contributed by atoms with E-state index in [1.807, 2.05) is 0 Å². The summed E-state index contributed by atoms with van der Waals surface area (Å²) < 4.78 is 32.0. The van der Waals surface area contributed by atoms with Crippen LogP contribution in [0.4, 0.5) is 8.78 Å². The number of hydrogen-bond acceptors (Lipinski definition) is 2. The molecule has 0 atom stereocenters. The van der Waals surface area contributed by atoms with Crippen molar-refractivity contribution in [2.45, 2.75) is 18.9 Å². The van der Waals surface area contributed by atoms with Gasteiger partial charge in [-0.1, -0.05) is 0 Å². The van der Waals surface area contributed by atoms with Gasteiger partial charge in [0.1, 0.15) is 11.9 Å². The molecule has 0 amide bonds. The highest BCUT2D eigenvalue weighted by Gasteiger charge is 2.17. The maximum absolute atomic E-state index is 13.0. The van der Waals surface area contributed by atoms with E-state index < -0.39 is 11.6 Å². The van der Waals surface area contributed by atoms with Crippen LogP contribution in [0.1, 0.15) is 12.8 Å². The number of benzene rings is 1. The molecule has 2 rings (SSSR count). The maximum Gasteiger partial charge on any atom is 0.162 e. The van der Waals surface area contributed by atoms with Gasteiger partial charge in [0, 0.05) is 6.07 Å².